The summed E-state index contributed by atoms with van der Waals surface area (Å²) in [4.78, 5) is 0. The van der Waals surface area contributed by atoms with E-state index in [4.69, 9.17) is 10.2 Å². The Morgan fingerprint density at radius 3 is 1.90 bits per heavy atom. The van der Waals surface area contributed by atoms with E-state index in [1.807, 2.05) is 0 Å². The van der Waals surface area contributed by atoms with Crippen LogP contribution >= 0.6 is 0 Å². The molecule has 1 saturated heterocycles. The second-order valence-corrected chi connectivity index (χ2v) is 2.87. The van der Waals surface area contributed by atoms with Crippen LogP contribution in [0.4, 0.5) is 0 Å². The van der Waals surface area contributed by atoms with Gasteiger partial charge >= 0.3 is 0 Å². The number of hydrogen-bond acceptors (Lipinski definition) is 3. The monoisotopic (exact) mass is 141 g/mol. The van der Waals surface area contributed by atoms with Gasteiger partial charge in [0.15, 0.2) is 0 Å². The molecule has 10 heavy (non-hydrogen) atoms. The average molecular weight is 141 g/mol. The van der Waals surface area contributed by atoms with Crippen molar-refractivity contribution >= 4 is 0 Å². The van der Waals surface area contributed by atoms with Crippen molar-refractivity contribution < 1.29 is 10.2 Å². The largest absolute Gasteiger partial charge is 0.392 e. The quantitative estimate of drug-likeness (QED) is 0.433. The molecular weight excluding hydrogens is 130 g/mol. The third-order valence-electron chi connectivity index (χ3n) is 2.47. The van der Waals surface area contributed by atoms with E-state index in [0.717, 1.165) is 17.6 Å². The number of nitrogens with one attached hydrogen (secondary N) is 1. The van der Waals surface area contributed by atoms with Crippen molar-refractivity contribution in [2.75, 3.05) is 13.2 Å². The molecule has 2 atom stereocenters. The highest BCUT2D eigenvalue weighted by Crippen LogP contribution is 2.35. The van der Waals surface area contributed by atoms with Crippen LogP contribution in [0.2, 0.25) is 0 Å². The summed E-state index contributed by atoms with van der Waals surface area (Å²) in [6.07, 6.45) is 1.08. The Labute approximate surface area is 59.4 Å². The van der Waals surface area contributed by atoms with E-state index in [9.17, 15) is 0 Å². The maximum absolute atomic E-state index is 8.86. The summed E-state index contributed by atoms with van der Waals surface area (Å²) in [5, 5.41) is 20.9. The second kappa shape index (κ2) is 2.05. The predicted molar refractivity (Wildman–Crippen MR) is 36.5 cm³/mol. The molecule has 2 unspecified atom stereocenters. The van der Waals surface area contributed by atoms with Gasteiger partial charge in [-0.1, -0.05) is 0 Å². The zero-order valence-corrected chi connectivity index (χ0v) is 5.67. The van der Waals surface area contributed by atoms with E-state index in [2.05, 4.69) is 5.32 Å². The van der Waals surface area contributed by atoms with E-state index in [-0.39, 0.29) is 13.2 Å². The summed E-state index contributed by atoms with van der Waals surface area (Å²) in [5.41, 5.74) is 2.04. The first-order chi connectivity index (χ1) is 4.86. The molecule has 3 nitrogen and oxygen atoms in total. The van der Waals surface area contributed by atoms with Crippen molar-refractivity contribution in [2.45, 2.75) is 18.5 Å². The summed E-state index contributed by atoms with van der Waals surface area (Å²) in [7, 11) is 0. The van der Waals surface area contributed by atoms with Gasteiger partial charge in [-0.2, -0.15) is 0 Å². The van der Waals surface area contributed by atoms with Crippen molar-refractivity contribution in [1.82, 2.24) is 5.32 Å². The Morgan fingerprint density at radius 1 is 1.20 bits per heavy atom. The third-order valence-corrected chi connectivity index (χ3v) is 2.47. The van der Waals surface area contributed by atoms with Gasteiger partial charge in [0.05, 0.1) is 13.2 Å². The lowest BCUT2D eigenvalue weighted by molar-refractivity contribution is 0.297. The summed E-state index contributed by atoms with van der Waals surface area (Å²) >= 11 is 0. The maximum Gasteiger partial charge on any atom is 0.0660 e. The Hall–Kier alpha value is -0.380. The lowest BCUT2D eigenvalue weighted by Gasteiger charge is -2.28. The predicted octanol–water partition coefficient (Wildman–Crippen LogP) is -0.988. The molecule has 0 amide bonds. The summed E-state index contributed by atoms with van der Waals surface area (Å²) in [6, 6.07) is 0.745. The summed E-state index contributed by atoms with van der Waals surface area (Å²) < 4.78 is 0. The van der Waals surface area contributed by atoms with Crippen molar-refractivity contribution in [1.29, 1.82) is 0 Å². The zero-order valence-electron chi connectivity index (χ0n) is 5.67. The molecule has 0 saturated carbocycles. The molecule has 3 N–H and O–H groups in total. The molecule has 0 spiro atoms. The minimum atomic E-state index is 0.101. The first-order valence-corrected chi connectivity index (χ1v) is 3.56. The number of aliphatic hydroxyl groups is 2. The molecule has 2 aliphatic heterocycles. The van der Waals surface area contributed by atoms with Crippen LogP contribution in [0.5, 0.6) is 0 Å². The van der Waals surface area contributed by atoms with E-state index >= 15 is 0 Å². The number of rotatable bonds is 2. The minimum Gasteiger partial charge on any atom is -0.392 e. The average Bonchev–Trinajstić information content (AvgIpc) is 2.35. The topological polar surface area (TPSA) is 52.5 Å². The fourth-order valence-electron chi connectivity index (χ4n) is 1.81. The molecule has 3 aliphatic rings. The number of aliphatic hydroxyl groups excluding tert-OH is 2. The molecule has 2 bridgehead atoms. The first-order valence-electron chi connectivity index (χ1n) is 3.56. The van der Waals surface area contributed by atoms with Crippen LogP contribution in [0.1, 0.15) is 6.42 Å². The fourth-order valence-corrected chi connectivity index (χ4v) is 1.81. The highest BCUT2D eigenvalue weighted by molar-refractivity contribution is 5.39. The molecule has 3 rings (SSSR count). The number of hydrogen-bond donors (Lipinski definition) is 3. The Bertz CT molecular complexity index is 164. The smallest absolute Gasteiger partial charge is 0.0660 e. The first kappa shape index (κ1) is 6.34. The molecule has 1 fully saturated rings. The van der Waals surface area contributed by atoms with Gasteiger partial charge in [-0.15, -0.1) is 0 Å². The lowest BCUT2D eigenvalue weighted by atomic mass is 10.0. The van der Waals surface area contributed by atoms with Gasteiger partial charge in [-0.05, 0) is 17.6 Å². The highest BCUT2D eigenvalue weighted by atomic mass is 16.3. The van der Waals surface area contributed by atoms with Gasteiger partial charge in [-0.25, -0.2) is 0 Å². The van der Waals surface area contributed by atoms with E-state index < -0.39 is 0 Å². The molecule has 0 aromatic rings. The van der Waals surface area contributed by atoms with Crippen molar-refractivity contribution in [3.05, 3.63) is 11.1 Å². The normalized spacial score (nSPS) is 36.6. The van der Waals surface area contributed by atoms with Gasteiger partial charge < -0.3 is 15.5 Å². The van der Waals surface area contributed by atoms with E-state index in [0.29, 0.717) is 12.1 Å². The molecule has 0 aromatic heterocycles. The Morgan fingerprint density at radius 2 is 1.60 bits per heavy atom. The zero-order chi connectivity index (χ0) is 7.14. The van der Waals surface area contributed by atoms with Crippen molar-refractivity contribution in [3.8, 4) is 0 Å². The highest BCUT2D eigenvalue weighted by Gasteiger charge is 2.42. The SMILES string of the molecule is OCC1=C(CO)C2CC1N2. The molecule has 0 radical (unpaired) electrons. The van der Waals surface area contributed by atoms with Crippen LogP contribution in [0.15, 0.2) is 11.1 Å². The van der Waals surface area contributed by atoms with Crippen LogP contribution in [0, 0.1) is 0 Å². The maximum atomic E-state index is 8.86. The van der Waals surface area contributed by atoms with Crippen LogP contribution in [0.25, 0.3) is 0 Å². The van der Waals surface area contributed by atoms with Gasteiger partial charge in [-0.3, -0.25) is 0 Å². The van der Waals surface area contributed by atoms with Gasteiger partial charge in [0.1, 0.15) is 0 Å². The van der Waals surface area contributed by atoms with Crippen LogP contribution in [-0.4, -0.2) is 35.5 Å². The standard InChI is InChI=1S/C7H11NO2/c9-2-4-5(3-10)7-1-6(4)8-7/h6-10H,1-3H2. The Kier molecular flexibility index (Phi) is 1.30. The van der Waals surface area contributed by atoms with Gasteiger partial charge in [0, 0.05) is 12.1 Å². The van der Waals surface area contributed by atoms with E-state index in [1.165, 1.54) is 0 Å². The molecule has 1 aliphatic carbocycles. The second-order valence-electron chi connectivity index (χ2n) is 2.87. The molecular formula is C7H11NO2. The lowest BCUT2D eigenvalue weighted by Crippen LogP contribution is -2.47. The minimum absolute atomic E-state index is 0.101. The Balaban J connectivity index is 2.23. The van der Waals surface area contributed by atoms with Crippen molar-refractivity contribution in [3.63, 3.8) is 0 Å². The van der Waals surface area contributed by atoms with E-state index in [1.54, 1.807) is 0 Å². The van der Waals surface area contributed by atoms with Crippen LogP contribution in [0.3, 0.4) is 0 Å². The molecule has 3 heteroatoms. The van der Waals surface area contributed by atoms with Crippen molar-refractivity contribution in [2.24, 2.45) is 0 Å². The fraction of sp³-hybridized carbons (Fsp3) is 0.714. The molecule has 56 valence electrons. The van der Waals surface area contributed by atoms with Gasteiger partial charge in [0.25, 0.3) is 0 Å². The summed E-state index contributed by atoms with van der Waals surface area (Å²) in [6.45, 7) is 0.203. The van der Waals surface area contributed by atoms with Gasteiger partial charge in [0.2, 0.25) is 0 Å². The molecule has 0 aromatic carbocycles. The van der Waals surface area contributed by atoms with Crippen LogP contribution in [-0.2, 0) is 0 Å². The van der Waals surface area contributed by atoms with Crippen LogP contribution < -0.4 is 5.32 Å². The molecule has 2 heterocycles. The third kappa shape index (κ3) is 0.599. The summed E-state index contributed by atoms with van der Waals surface area (Å²) in [5.74, 6) is 0.